The first-order valence-electron chi connectivity index (χ1n) is 7.00. The zero-order valence-electron chi connectivity index (χ0n) is 11.8. The van der Waals surface area contributed by atoms with Crippen molar-refractivity contribution in [3.05, 3.63) is 16.6 Å². The molecule has 2 atom stereocenters. The number of sulfone groups is 1. The first kappa shape index (κ1) is 15.0. The molecule has 0 aromatic heterocycles. The molecule has 116 valence electrons. The van der Waals surface area contributed by atoms with E-state index >= 15 is 0 Å². The van der Waals surface area contributed by atoms with Gasteiger partial charge < -0.3 is 14.8 Å². The third-order valence-electron chi connectivity index (χ3n) is 3.98. The van der Waals surface area contributed by atoms with Gasteiger partial charge in [-0.1, -0.05) is 0 Å². The minimum atomic E-state index is -3.04. The number of halogens is 1. The molecular formula is C14H18BrNO4S. The molecule has 1 aliphatic heterocycles. The Morgan fingerprint density at radius 3 is 2.52 bits per heavy atom. The molecule has 2 unspecified atom stereocenters. The van der Waals surface area contributed by atoms with Gasteiger partial charge in [0.2, 0.25) is 0 Å². The monoisotopic (exact) mass is 375 g/mol. The first-order chi connectivity index (χ1) is 9.95. The fourth-order valence-corrected chi connectivity index (χ4v) is 4.81. The van der Waals surface area contributed by atoms with Gasteiger partial charge in [-0.2, -0.15) is 0 Å². The van der Waals surface area contributed by atoms with Crippen LogP contribution in [0.15, 0.2) is 16.6 Å². The maximum absolute atomic E-state index is 11.9. The number of nitrogens with one attached hydrogen (secondary N) is 1. The van der Waals surface area contributed by atoms with Gasteiger partial charge in [0.25, 0.3) is 0 Å². The molecule has 0 saturated heterocycles. The van der Waals surface area contributed by atoms with Crippen LogP contribution in [0.1, 0.15) is 19.3 Å². The van der Waals surface area contributed by atoms with Crippen LogP contribution in [0.25, 0.3) is 0 Å². The predicted octanol–water partition coefficient (Wildman–Crippen LogP) is 2.60. The van der Waals surface area contributed by atoms with Crippen LogP contribution in [-0.4, -0.2) is 39.2 Å². The Bertz CT molecular complexity index is 647. The smallest absolute Gasteiger partial charge is 0.163 e. The Morgan fingerprint density at radius 1 is 1.19 bits per heavy atom. The second-order valence-electron chi connectivity index (χ2n) is 5.53. The summed E-state index contributed by atoms with van der Waals surface area (Å²) in [5.41, 5.74) is 0.847. The van der Waals surface area contributed by atoms with Crippen molar-refractivity contribution in [3.8, 4) is 11.5 Å². The molecule has 1 aromatic carbocycles. The number of fused-ring (bicyclic) bond motifs is 1. The van der Waals surface area contributed by atoms with E-state index in [-0.39, 0.29) is 11.3 Å². The number of hydrogen-bond acceptors (Lipinski definition) is 5. The summed E-state index contributed by atoms with van der Waals surface area (Å²) in [5.74, 6) is 1.41. The summed E-state index contributed by atoms with van der Waals surface area (Å²) >= 11 is 3.51. The summed E-state index contributed by atoms with van der Waals surface area (Å²) in [4.78, 5) is 0. The van der Waals surface area contributed by atoms with E-state index in [1.54, 1.807) is 0 Å². The standard InChI is InChI=1S/C14H18BrNO4S/c1-21(17,18)14-4-2-3-10(14)16-11-8-13-12(7-9(11)15)19-5-6-20-13/h7-8,10,14,16H,2-6H2,1H3. The van der Waals surface area contributed by atoms with Crippen molar-refractivity contribution in [2.45, 2.75) is 30.6 Å². The van der Waals surface area contributed by atoms with Crippen LogP contribution in [0.3, 0.4) is 0 Å². The van der Waals surface area contributed by atoms with E-state index < -0.39 is 9.84 Å². The molecular weight excluding hydrogens is 358 g/mol. The van der Waals surface area contributed by atoms with Crippen LogP contribution in [0.5, 0.6) is 11.5 Å². The fraction of sp³-hybridized carbons (Fsp3) is 0.571. The zero-order valence-corrected chi connectivity index (χ0v) is 14.2. The number of rotatable bonds is 3. The molecule has 1 N–H and O–H groups in total. The van der Waals surface area contributed by atoms with Gasteiger partial charge in [-0.3, -0.25) is 0 Å². The minimum absolute atomic E-state index is 0.0566. The average Bonchev–Trinajstić information content (AvgIpc) is 2.88. The van der Waals surface area contributed by atoms with Crippen molar-refractivity contribution in [2.24, 2.45) is 0 Å². The topological polar surface area (TPSA) is 64.6 Å². The molecule has 0 bridgehead atoms. The van der Waals surface area contributed by atoms with Crippen molar-refractivity contribution < 1.29 is 17.9 Å². The molecule has 1 heterocycles. The predicted molar refractivity (Wildman–Crippen MR) is 85.0 cm³/mol. The Balaban J connectivity index is 1.84. The second kappa shape index (κ2) is 5.68. The third-order valence-corrected chi connectivity index (χ3v) is 6.30. The highest BCUT2D eigenvalue weighted by Gasteiger charge is 2.35. The Morgan fingerprint density at radius 2 is 1.86 bits per heavy atom. The van der Waals surface area contributed by atoms with Crippen LogP contribution in [-0.2, 0) is 9.84 Å². The van der Waals surface area contributed by atoms with Crippen LogP contribution in [0, 0.1) is 0 Å². The molecule has 0 spiro atoms. The van der Waals surface area contributed by atoms with Crippen molar-refractivity contribution in [2.75, 3.05) is 24.8 Å². The van der Waals surface area contributed by atoms with E-state index in [1.165, 1.54) is 6.26 Å². The van der Waals surface area contributed by atoms with Gasteiger partial charge in [-0.05, 0) is 35.2 Å². The molecule has 21 heavy (non-hydrogen) atoms. The molecule has 1 aromatic rings. The highest BCUT2D eigenvalue weighted by atomic mass is 79.9. The number of hydrogen-bond donors (Lipinski definition) is 1. The van der Waals surface area contributed by atoms with E-state index in [9.17, 15) is 8.42 Å². The lowest BCUT2D eigenvalue weighted by Crippen LogP contribution is -2.34. The number of anilines is 1. The van der Waals surface area contributed by atoms with E-state index in [0.717, 1.165) is 29.4 Å². The first-order valence-corrected chi connectivity index (χ1v) is 9.74. The third kappa shape index (κ3) is 3.13. The van der Waals surface area contributed by atoms with Crippen LogP contribution < -0.4 is 14.8 Å². The molecule has 0 amide bonds. The van der Waals surface area contributed by atoms with Crippen molar-refractivity contribution in [1.82, 2.24) is 0 Å². The summed E-state index contributed by atoms with van der Waals surface area (Å²) in [7, 11) is -3.04. The molecule has 5 nitrogen and oxygen atoms in total. The van der Waals surface area contributed by atoms with Gasteiger partial charge in [0.15, 0.2) is 21.3 Å². The van der Waals surface area contributed by atoms with Crippen LogP contribution >= 0.6 is 15.9 Å². The SMILES string of the molecule is CS(=O)(=O)C1CCCC1Nc1cc2c(cc1Br)OCCO2. The molecule has 1 saturated carbocycles. The highest BCUT2D eigenvalue weighted by Crippen LogP contribution is 2.39. The lowest BCUT2D eigenvalue weighted by molar-refractivity contribution is 0.171. The van der Waals surface area contributed by atoms with E-state index in [4.69, 9.17) is 9.47 Å². The average molecular weight is 376 g/mol. The van der Waals surface area contributed by atoms with Crippen LogP contribution in [0.4, 0.5) is 5.69 Å². The van der Waals surface area contributed by atoms with Gasteiger partial charge in [0, 0.05) is 28.9 Å². The normalized spacial score (nSPS) is 24.9. The molecule has 7 heteroatoms. The lowest BCUT2D eigenvalue weighted by atomic mass is 10.2. The molecule has 1 fully saturated rings. The van der Waals surface area contributed by atoms with E-state index in [0.29, 0.717) is 24.7 Å². The molecule has 0 radical (unpaired) electrons. The van der Waals surface area contributed by atoms with Gasteiger partial charge >= 0.3 is 0 Å². The zero-order chi connectivity index (χ0) is 15.0. The number of ether oxygens (including phenoxy) is 2. The lowest BCUT2D eigenvalue weighted by Gasteiger charge is -2.24. The number of benzene rings is 1. The quantitative estimate of drug-likeness (QED) is 0.879. The van der Waals surface area contributed by atoms with Gasteiger partial charge in [-0.15, -0.1) is 0 Å². The van der Waals surface area contributed by atoms with E-state index in [2.05, 4.69) is 21.2 Å². The summed E-state index contributed by atoms with van der Waals surface area (Å²) < 4.78 is 35.7. The van der Waals surface area contributed by atoms with Crippen LogP contribution in [0.2, 0.25) is 0 Å². The summed E-state index contributed by atoms with van der Waals surface area (Å²) in [6.07, 6.45) is 3.82. The van der Waals surface area contributed by atoms with Gasteiger partial charge in [0.05, 0.1) is 10.9 Å². The largest absolute Gasteiger partial charge is 0.486 e. The minimum Gasteiger partial charge on any atom is -0.486 e. The van der Waals surface area contributed by atoms with Gasteiger partial charge in [0.1, 0.15) is 13.2 Å². The maximum Gasteiger partial charge on any atom is 0.163 e. The van der Waals surface area contributed by atoms with Crippen molar-refractivity contribution in [1.29, 1.82) is 0 Å². The highest BCUT2D eigenvalue weighted by molar-refractivity contribution is 9.10. The summed E-state index contributed by atoms with van der Waals surface area (Å²) in [5, 5.41) is 3.03. The van der Waals surface area contributed by atoms with Crippen molar-refractivity contribution in [3.63, 3.8) is 0 Å². The maximum atomic E-state index is 11.9. The molecule has 2 aliphatic rings. The fourth-order valence-electron chi connectivity index (χ4n) is 2.98. The Labute approximate surface area is 133 Å². The summed E-state index contributed by atoms with van der Waals surface area (Å²) in [6, 6.07) is 3.68. The van der Waals surface area contributed by atoms with E-state index in [1.807, 2.05) is 12.1 Å². The Kier molecular flexibility index (Phi) is 4.05. The Hall–Kier alpha value is -0.950. The second-order valence-corrected chi connectivity index (χ2v) is 8.64. The molecule has 3 rings (SSSR count). The molecule has 1 aliphatic carbocycles. The van der Waals surface area contributed by atoms with Crippen molar-refractivity contribution >= 4 is 31.5 Å². The van der Waals surface area contributed by atoms with Gasteiger partial charge in [-0.25, -0.2) is 8.42 Å². The summed E-state index contributed by atoms with van der Waals surface area (Å²) in [6.45, 7) is 1.08.